The Morgan fingerprint density at radius 2 is 1.68 bits per heavy atom. The first-order valence-electron chi connectivity index (χ1n) is 10.0. The quantitative estimate of drug-likeness (QED) is 0.569. The lowest BCUT2D eigenvalue weighted by Gasteiger charge is -2.34. The van der Waals surface area contributed by atoms with Gasteiger partial charge in [0.05, 0.1) is 0 Å². The molecular weight excluding hydrogens is 350 g/mol. The molecule has 1 aliphatic heterocycles. The maximum atomic E-state index is 12.4. The SMILES string of the molecule is Cc1cc(C)c(N2COc3c(cc4c5c(c(=O)oc4c3C)CCC5)C2)c(C)c1. The number of benzene rings is 2. The van der Waals surface area contributed by atoms with Crippen molar-refractivity contribution in [1.29, 1.82) is 0 Å². The molecule has 144 valence electrons. The Bertz CT molecular complexity index is 1170. The summed E-state index contributed by atoms with van der Waals surface area (Å²) in [7, 11) is 0. The summed E-state index contributed by atoms with van der Waals surface area (Å²) < 4.78 is 11.9. The van der Waals surface area contributed by atoms with Crippen LogP contribution in [-0.2, 0) is 19.4 Å². The molecule has 0 bridgehead atoms. The van der Waals surface area contributed by atoms with Crippen LogP contribution in [0.15, 0.2) is 27.4 Å². The summed E-state index contributed by atoms with van der Waals surface area (Å²) in [5.74, 6) is 0.868. The first kappa shape index (κ1) is 17.4. The molecule has 3 aromatic rings. The standard InChI is InChI=1S/C24H25NO3/c1-13-8-14(2)21(15(3)9-13)25-11-17-10-20-18-6-5-7-19(18)24(26)28-23(20)16(4)22(17)27-12-25/h8-10H,5-7,11-12H2,1-4H3. The number of aryl methyl sites for hydroxylation is 5. The maximum Gasteiger partial charge on any atom is 0.339 e. The molecule has 0 saturated heterocycles. The van der Waals surface area contributed by atoms with Crippen molar-refractivity contribution in [3.05, 3.63) is 67.6 Å². The molecule has 0 amide bonds. The van der Waals surface area contributed by atoms with E-state index in [0.29, 0.717) is 12.3 Å². The van der Waals surface area contributed by atoms with Gasteiger partial charge in [-0.25, -0.2) is 4.79 Å². The van der Waals surface area contributed by atoms with Gasteiger partial charge in [0.25, 0.3) is 0 Å². The average Bonchev–Trinajstić information content (AvgIpc) is 3.13. The van der Waals surface area contributed by atoms with Gasteiger partial charge in [-0.3, -0.25) is 0 Å². The van der Waals surface area contributed by atoms with Crippen LogP contribution in [0.2, 0.25) is 0 Å². The van der Waals surface area contributed by atoms with Crippen LogP contribution in [-0.4, -0.2) is 6.73 Å². The number of anilines is 1. The molecule has 0 saturated carbocycles. The van der Waals surface area contributed by atoms with E-state index in [1.807, 2.05) is 6.92 Å². The highest BCUT2D eigenvalue weighted by Gasteiger charge is 2.27. The van der Waals surface area contributed by atoms with Gasteiger partial charge in [0.2, 0.25) is 0 Å². The van der Waals surface area contributed by atoms with Crippen molar-refractivity contribution >= 4 is 16.7 Å². The molecule has 2 aliphatic rings. The second-order valence-corrected chi connectivity index (χ2v) is 8.29. The summed E-state index contributed by atoms with van der Waals surface area (Å²) in [6, 6.07) is 6.64. The van der Waals surface area contributed by atoms with Gasteiger partial charge in [-0.2, -0.15) is 0 Å². The molecule has 4 heteroatoms. The zero-order valence-corrected chi connectivity index (χ0v) is 16.9. The molecule has 0 N–H and O–H groups in total. The van der Waals surface area contributed by atoms with Crippen molar-refractivity contribution in [3.8, 4) is 5.75 Å². The number of nitrogens with zero attached hydrogens (tertiary/aromatic N) is 1. The van der Waals surface area contributed by atoms with Crippen LogP contribution in [0.5, 0.6) is 5.75 Å². The Morgan fingerprint density at radius 3 is 2.43 bits per heavy atom. The third-order valence-corrected chi connectivity index (χ3v) is 6.20. The zero-order chi connectivity index (χ0) is 19.6. The molecule has 0 atom stereocenters. The second-order valence-electron chi connectivity index (χ2n) is 8.29. The van der Waals surface area contributed by atoms with Gasteiger partial charge < -0.3 is 14.1 Å². The highest BCUT2D eigenvalue weighted by Crippen LogP contribution is 2.40. The predicted molar refractivity (Wildman–Crippen MR) is 112 cm³/mol. The predicted octanol–water partition coefficient (Wildman–Crippen LogP) is 4.87. The van der Waals surface area contributed by atoms with Crippen LogP contribution in [0.1, 0.15) is 45.4 Å². The zero-order valence-electron chi connectivity index (χ0n) is 16.9. The minimum absolute atomic E-state index is 0.175. The van der Waals surface area contributed by atoms with Crippen molar-refractivity contribution in [3.63, 3.8) is 0 Å². The molecule has 1 aromatic heterocycles. The number of hydrogen-bond donors (Lipinski definition) is 0. The van der Waals surface area contributed by atoms with Crippen LogP contribution in [0.25, 0.3) is 11.0 Å². The molecule has 5 rings (SSSR count). The fourth-order valence-electron chi connectivity index (χ4n) is 5.15. The lowest BCUT2D eigenvalue weighted by molar-refractivity contribution is 0.287. The fraction of sp³-hybridized carbons (Fsp3) is 0.375. The highest BCUT2D eigenvalue weighted by atomic mass is 16.5. The first-order chi connectivity index (χ1) is 13.4. The largest absolute Gasteiger partial charge is 0.472 e. The molecule has 4 nitrogen and oxygen atoms in total. The third-order valence-electron chi connectivity index (χ3n) is 6.20. The van der Waals surface area contributed by atoms with Crippen LogP contribution < -0.4 is 15.3 Å². The van der Waals surface area contributed by atoms with Crippen molar-refractivity contribution in [1.82, 2.24) is 0 Å². The summed E-state index contributed by atoms with van der Waals surface area (Å²) in [4.78, 5) is 14.7. The summed E-state index contributed by atoms with van der Waals surface area (Å²) in [6.07, 6.45) is 2.81. The van der Waals surface area contributed by atoms with Crippen LogP contribution in [0, 0.1) is 27.7 Å². The summed E-state index contributed by atoms with van der Waals surface area (Å²) in [6.45, 7) is 9.76. The lowest BCUT2D eigenvalue weighted by Crippen LogP contribution is -2.33. The minimum Gasteiger partial charge on any atom is -0.472 e. The van der Waals surface area contributed by atoms with E-state index in [2.05, 4.69) is 43.9 Å². The molecule has 0 fully saturated rings. The summed E-state index contributed by atoms with van der Waals surface area (Å²) in [5, 5.41) is 1.09. The Hall–Kier alpha value is -2.75. The number of ether oxygens (including phenoxy) is 1. The van der Waals surface area contributed by atoms with E-state index in [9.17, 15) is 4.79 Å². The van der Waals surface area contributed by atoms with Gasteiger partial charge in [-0.1, -0.05) is 17.7 Å². The van der Waals surface area contributed by atoms with Gasteiger partial charge in [0, 0.05) is 34.3 Å². The highest BCUT2D eigenvalue weighted by molar-refractivity contribution is 5.88. The second kappa shape index (κ2) is 6.13. The van der Waals surface area contributed by atoms with Gasteiger partial charge >= 0.3 is 5.63 Å². The Kier molecular flexibility index (Phi) is 3.80. The van der Waals surface area contributed by atoms with Crippen LogP contribution >= 0.6 is 0 Å². The van der Waals surface area contributed by atoms with E-state index in [1.165, 1.54) is 33.5 Å². The molecule has 0 unspecified atom stereocenters. The van der Waals surface area contributed by atoms with E-state index < -0.39 is 0 Å². The smallest absolute Gasteiger partial charge is 0.339 e. The van der Waals surface area contributed by atoms with Crippen LogP contribution in [0.3, 0.4) is 0 Å². The number of rotatable bonds is 1. The molecular formula is C24H25NO3. The Morgan fingerprint density at radius 1 is 0.964 bits per heavy atom. The topological polar surface area (TPSA) is 42.7 Å². The van der Waals surface area contributed by atoms with Crippen molar-refractivity contribution in [2.75, 3.05) is 11.6 Å². The van der Waals surface area contributed by atoms with E-state index in [1.54, 1.807) is 0 Å². The molecule has 0 spiro atoms. The Labute approximate surface area is 164 Å². The lowest BCUT2D eigenvalue weighted by atomic mass is 9.98. The van der Waals surface area contributed by atoms with E-state index >= 15 is 0 Å². The van der Waals surface area contributed by atoms with E-state index in [4.69, 9.17) is 9.15 Å². The van der Waals surface area contributed by atoms with Gasteiger partial charge in [0.1, 0.15) is 11.3 Å². The fourth-order valence-corrected chi connectivity index (χ4v) is 5.15. The molecule has 2 heterocycles. The first-order valence-corrected chi connectivity index (χ1v) is 10.0. The van der Waals surface area contributed by atoms with E-state index in [-0.39, 0.29) is 5.63 Å². The van der Waals surface area contributed by atoms with Crippen molar-refractivity contribution < 1.29 is 9.15 Å². The number of hydrogen-bond acceptors (Lipinski definition) is 4. The van der Waals surface area contributed by atoms with Gasteiger partial charge in [-0.15, -0.1) is 0 Å². The van der Waals surface area contributed by atoms with Gasteiger partial charge in [0.15, 0.2) is 6.73 Å². The number of fused-ring (bicyclic) bond motifs is 4. The Balaban J connectivity index is 1.65. The summed E-state index contributed by atoms with van der Waals surface area (Å²) in [5.41, 5.74) is 9.75. The van der Waals surface area contributed by atoms with Crippen molar-refractivity contribution in [2.24, 2.45) is 0 Å². The molecule has 1 aliphatic carbocycles. The minimum atomic E-state index is -0.175. The summed E-state index contributed by atoms with van der Waals surface area (Å²) >= 11 is 0. The average molecular weight is 375 g/mol. The molecule has 0 radical (unpaired) electrons. The van der Waals surface area contributed by atoms with Crippen LogP contribution in [0.4, 0.5) is 5.69 Å². The van der Waals surface area contributed by atoms with Gasteiger partial charge in [-0.05, 0) is 69.7 Å². The van der Waals surface area contributed by atoms with Crippen molar-refractivity contribution in [2.45, 2.75) is 53.5 Å². The molecule has 2 aromatic carbocycles. The van der Waals surface area contributed by atoms with E-state index in [0.717, 1.165) is 48.1 Å². The normalized spacial score (nSPS) is 15.5. The molecule has 28 heavy (non-hydrogen) atoms. The third kappa shape index (κ3) is 2.47. The maximum absolute atomic E-state index is 12.4. The monoisotopic (exact) mass is 375 g/mol.